The van der Waals surface area contributed by atoms with Gasteiger partial charge in [-0.1, -0.05) is 32.4 Å². The van der Waals surface area contributed by atoms with Gasteiger partial charge >= 0.3 is 0 Å². The average Bonchev–Trinajstić information content (AvgIpc) is 2.71. The topological polar surface area (TPSA) is 32.3 Å². The molecule has 0 unspecified atom stereocenters. The lowest BCUT2D eigenvalue weighted by molar-refractivity contribution is -0.122. The Morgan fingerprint density at radius 3 is 2.72 bits per heavy atom. The molecule has 0 spiro atoms. The molecule has 3 nitrogen and oxygen atoms in total. The lowest BCUT2D eigenvalue weighted by Gasteiger charge is -2.19. The number of rotatable bonds is 7. The summed E-state index contributed by atoms with van der Waals surface area (Å²) in [7, 11) is 0. The van der Waals surface area contributed by atoms with Gasteiger partial charge in [0.1, 0.15) is 0 Å². The summed E-state index contributed by atoms with van der Waals surface area (Å²) in [5, 5.41) is 2.93. The molecule has 0 atom stereocenters. The summed E-state index contributed by atoms with van der Waals surface area (Å²) in [5.41, 5.74) is 0. The number of thiophene rings is 1. The second-order valence-corrected chi connectivity index (χ2v) is 6.51. The lowest BCUT2D eigenvalue weighted by Crippen LogP contribution is -2.38. The van der Waals surface area contributed by atoms with Crippen molar-refractivity contribution in [3.63, 3.8) is 0 Å². The van der Waals surface area contributed by atoms with Gasteiger partial charge in [-0.25, -0.2) is 0 Å². The maximum Gasteiger partial charge on any atom is 0.234 e. The largest absolute Gasteiger partial charge is 0.355 e. The Hall–Kier alpha value is -0.580. The molecular weight excluding hydrogens is 268 g/mol. The first-order chi connectivity index (χ1) is 8.51. The summed E-state index contributed by atoms with van der Waals surface area (Å²) in [6, 6.07) is 3.91. The van der Waals surface area contributed by atoms with Crippen molar-refractivity contribution in [2.45, 2.75) is 27.3 Å². The zero-order valence-corrected chi connectivity index (χ0v) is 12.8. The van der Waals surface area contributed by atoms with Crippen LogP contribution in [0.5, 0.6) is 0 Å². The molecule has 0 aliphatic carbocycles. The minimum Gasteiger partial charge on any atom is -0.355 e. The molecule has 1 N–H and O–H groups in total. The normalized spacial score (nSPS) is 11.2. The van der Waals surface area contributed by atoms with Crippen LogP contribution in [0.25, 0.3) is 0 Å². The number of carbonyl (C=O) groups excluding carboxylic acids is 1. The molecule has 0 aliphatic heterocycles. The van der Waals surface area contributed by atoms with Crippen LogP contribution in [0.4, 0.5) is 0 Å². The van der Waals surface area contributed by atoms with Crippen molar-refractivity contribution in [2.75, 3.05) is 19.6 Å². The van der Waals surface area contributed by atoms with E-state index in [1.54, 1.807) is 11.3 Å². The van der Waals surface area contributed by atoms with Gasteiger partial charge in [0.05, 0.1) is 10.9 Å². The molecule has 102 valence electrons. The molecule has 1 aromatic rings. The fourth-order valence-corrected chi connectivity index (χ4v) is 2.64. The van der Waals surface area contributed by atoms with Gasteiger partial charge in [-0.2, -0.15) is 0 Å². The van der Waals surface area contributed by atoms with Crippen LogP contribution in [0.15, 0.2) is 12.1 Å². The molecule has 1 rings (SSSR count). The van der Waals surface area contributed by atoms with E-state index in [0.717, 1.165) is 24.0 Å². The van der Waals surface area contributed by atoms with Crippen molar-refractivity contribution in [1.82, 2.24) is 10.2 Å². The summed E-state index contributed by atoms with van der Waals surface area (Å²) in [4.78, 5) is 15.0. The SMILES string of the molecule is CCN(CC(=O)NCC(C)C)Cc1ccc(Cl)s1. The molecule has 0 radical (unpaired) electrons. The average molecular weight is 289 g/mol. The Morgan fingerprint density at radius 1 is 1.50 bits per heavy atom. The fraction of sp³-hybridized carbons (Fsp3) is 0.615. The Balaban J connectivity index is 2.39. The summed E-state index contributed by atoms with van der Waals surface area (Å²) in [5.74, 6) is 0.577. The molecule has 18 heavy (non-hydrogen) atoms. The van der Waals surface area contributed by atoms with Crippen LogP contribution in [-0.2, 0) is 11.3 Å². The first kappa shape index (κ1) is 15.5. The van der Waals surface area contributed by atoms with E-state index >= 15 is 0 Å². The molecular formula is C13H21ClN2OS. The molecule has 0 bridgehead atoms. The van der Waals surface area contributed by atoms with Crippen LogP contribution < -0.4 is 5.32 Å². The van der Waals surface area contributed by atoms with Crippen molar-refractivity contribution in [1.29, 1.82) is 0 Å². The zero-order chi connectivity index (χ0) is 13.5. The fourth-order valence-electron chi connectivity index (χ4n) is 1.51. The van der Waals surface area contributed by atoms with Gasteiger partial charge in [-0.15, -0.1) is 11.3 Å². The molecule has 5 heteroatoms. The Morgan fingerprint density at radius 2 is 2.22 bits per heavy atom. The number of hydrogen-bond donors (Lipinski definition) is 1. The van der Waals surface area contributed by atoms with Gasteiger partial charge in [0.15, 0.2) is 0 Å². The van der Waals surface area contributed by atoms with Gasteiger partial charge in [0.25, 0.3) is 0 Å². The van der Waals surface area contributed by atoms with E-state index < -0.39 is 0 Å². The minimum atomic E-state index is 0.0909. The van der Waals surface area contributed by atoms with Crippen LogP contribution in [-0.4, -0.2) is 30.4 Å². The van der Waals surface area contributed by atoms with E-state index in [1.165, 1.54) is 4.88 Å². The molecule has 0 fully saturated rings. The second-order valence-electron chi connectivity index (χ2n) is 4.71. The van der Waals surface area contributed by atoms with Crippen molar-refractivity contribution in [3.05, 3.63) is 21.3 Å². The Kier molecular flexibility index (Phi) is 6.68. The van der Waals surface area contributed by atoms with Gasteiger partial charge < -0.3 is 5.32 Å². The van der Waals surface area contributed by atoms with E-state index in [1.807, 2.05) is 12.1 Å². The maximum atomic E-state index is 11.7. The van der Waals surface area contributed by atoms with Crippen molar-refractivity contribution in [3.8, 4) is 0 Å². The number of likely N-dealkylation sites (N-methyl/N-ethyl adjacent to an activating group) is 1. The van der Waals surface area contributed by atoms with Gasteiger partial charge in [-0.05, 0) is 24.6 Å². The number of hydrogen-bond acceptors (Lipinski definition) is 3. The van der Waals surface area contributed by atoms with Crippen molar-refractivity contribution >= 4 is 28.8 Å². The van der Waals surface area contributed by atoms with E-state index in [4.69, 9.17) is 11.6 Å². The number of nitrogens with zero attached hydrogens (tertiary/aromatic N) is 1. The van der Waals surface area contributed by atoms with Gasteiger partial charge in [0, 0.05) is 18.0 Å². The quantitative estimate of drug-likeness (QED) is 0.836. The predicted octanol–water partition coefficient (Wildman–Crippen LogP) is 3.00. The third-order valence-electron chi connectivity index (χ3n) is 2.53. The summed E-state index contributed by atoms with van der Waals surface area (Å²) >= 11 is 7.47. The van der Waals surface area contributed by atoms with Crippen LogP contribution in [0.2, 0.25) is 4.34 Å². The van der Waals surface area contributed by atoms with Crippen LogP contribution >= 0.6 is 22.9 Å². The van der Waals surface area contributed by atoms with Crippen molar-refractivity contribution in [2.24, 2.45) is 5.92 Å². The summed E-state index contributed by atoms with van der Waals surface area (Å²) < 4.78 is 0.797. The van der Waals surface area contributed by atoms with Crippen LogP contribution in [0.1, 0.15) is 25.6 Å². The molecule has 0 aromatic carbocycles. The highest BCUT2D eigenvalue weighted by molar-refractivity contribution is 7.16. The highest BCUT2D eigenvalue weighted by Crippen LogP contribution is 2.22. The van der Waals surface area contributed by atoms with Crippen LogP contribution in [0, 0.1) is 5.92 Å². The molecule has 1 amide bonds. The standard InChI is InChI=1S/C13H21ClN2OS/c1-4-16(8-11-5-6-12(14)18-11)9-13(17)15-7-10(2)3/h5-6,10H,4,7-9H2,1-3H3,(H,15,17). The van der Waals surface area contributed by atoms with E-state index in [-0.39, 0.29) is 5.91 Å². The lowest BCUT2D eigenvalue weighted by atomic mass is 10.2. The van der Waals surface area contributed by atoms with E-state index in [2.05, 4.69) is 31.0 Å². The van der Waals surface area contributed by atoms with Gasteiger partial charge in [0.2, 0.25) is 5.91 Å². The maximum absolute atomic E-state index is 11.7. The minimum absolute atomic E-state index is 0.0909. The van der Waals surface area contributed by atoms with E-state index in [0.29, 0.717) is 12.5 Å². The smallest absolute Gasteiger partial charge is 0.234 e. The van der Waals surface area contributed by atoms with E-state index in [9.17, 15) is 4.79 Å². The molecule has 0 saturated heterocycles. The zero-order valence-electron chi connectivity index (χ0n) is 11.2. The highest BCUT2D eigenvalue weighted by atomic mass is 35.5. The molecule has 1 heterocycles. The summed E-state index contributed by atoms with van der Waals surface area (Å²) in [6.45, 7) is 9.05. The van der Waals surface area contributed by atoms with Crippen LogP contribution in [0.3, 0.4) is 0 Å². The number of halogens is 1. The summed E-state index contributed by atoms with van der Waals surface area (Å²) in [6.07, 6.45) is 0. The first-order valence-corrected chi connectivity index (χ1v) is 7.44. The monoisotopic (exact) mass is 288 g/mol. The highest BCUT2D eigenvalue weighted by Gasteiger charge is 2.10. The second kappa shape index (κ2) is 7.77. The third-order valence-corrected chi connectivity index (χ3v) is 3.75. The third kappa shape index (κ3) is 5.85. The number of carbonyl (C=O) groups is 1. The predicted molar refractivity (Wildman–Crippen MR) is 78.1 cm³/mol. The molecule has 0 aliphatic rings. The molecule has 0 saturated carbocycles. The van der Waals surface area contributed by atoms with Crippen molar-refractivity contribution < 1.29 is 4.79 Å². The molecule has 1 aromatic heterocycles. The Labute approximate surface area is 118 Å². The first-order valence-electron chi connectivity index (χ1n) is 6.24. The number of amides is 1. The van der Waals surface area contributed by atoms with Gasteiger partial charge in [-0.3, -0.25) is 9.69 Å². The Bertz CT molecular complexity index is 379. The number of nitrogens with one attached hydrogen (secondary N) is 1.